The smallest absolute Gasteiger partial charge is 0.259 e. The molecule has 0 saturated carbocycles. The van der Waals surface area contributed by atoms with Gasteiger partial charge >= 0.3 is 0 Å². The monoisotopic (exact) mass is 728 g/mol. The molecule has 0 aliphatic rings. The lowest BCUT2D eigenvalue weighted by atomic mass is 10.1. The van der Waals surface area contributed by atoms with Gasteiger partial charge in [0.25, 0.3) is 11.8 Å². The lowest BCUT2D eigenvalue weighted by Gasteiger charge is -2.21. The summed E-state index contributed by atoms with van der Waals surface area (Å²) in [5, 5.41) is 6.05. The van der Waals surface area contributed by atoms with Crippen LogP contribution in [0.5, 0.6) is 23.0 Å². The highest BCUT2D eigenvalue weighted by Gasteiger charge is 2.22. The standard InChI is InChI=1S/C40H54Cl2N2O6/c1-7-9-11-17-47-35-15-13-29(23-41)19-31(35)39(45)43-33-21-34(38(50-26-28(5)6)22-37(33)49-25-27(3)4)44-40(46)32-20-30(24-42)14-16-36(32)48-18-12-10-8-2/h13-16,19-22,27-28H,7-12,17-18,23-26H2,1-6H3,(H,43,45)(H,44,46). The van der Waals surface area contributed by atoms with E-state index in [0.717, 1.165) is 49.7 Å². The lowest BCUT2D eigenvalue weighted by Crippen LogP contribution is -2.18. The molecule has 0 spiro atoms. The Morgan fingerprint density at radius 3 is 1.36 bits per heavy atom. The minimum Gasteiger partial charge on any atom is -0.493 e. The van der Waals surface area contributed by atoms with Gasteiger partial charge in [0.05, 0.1) is 48.9 Å². The fourth-order valence-electron chi connectivity index (χ4n) is 4.88. The van der Waals surface area contributed by atoms with E-state index in [2.05, 4.69) is 24.5 Å². The summed E-state index contributed by atoms with van der Waals surface area (Å²) in [5.41, 5.74) is 2.99. The number of unbranched alkanes of at least 4 members (excludes halogenated alkanes) is 4. The highest BCUT2D eigenvalue weighted by atomic mass is 35.5. The summed E-state index contributed by atoms with van der Waals surface area (Å²) in [4.78, 5) is 27.9. The third-order valence-electron chi connectivity index (χ3n) is 7.62. The fourth-order valence-corrected chi connectivity index (χ4v) is 5.22. The second-order valence-corrected chi connectivity index (χ2v) is 13.7. The van der Waals surface area contributed by atoms with Crippen molar-refractivity contribution in [2.75, 3.05) is 37.1 Å². The van der Waals surface area contributed by atoms with Crippen LogP contribution in [0.3, 0.4) is 0 Å². The van der Waals surface area contributed by atoms with Crippen LogP contribution in [-0.2, 0) is 11.8 Å². The number of carbonyl (C=O) groups is 2. The van der Waals surface area contributed by atoms with Crippen molar-refractivity contribution in [3.8, 4) is 23.0 Å². The van der Waals surface area contributed by atoms with E-state index < -0.39 is 11.8 Å². The van der Waals surface area contributed by atoms with Gasteiger partial charge in [0.15, 0.2) is 0 Å². The molecular weight excluding hydrogens is 675 g/mol. The van der Waals surface area contributed by atoms with Gasteiger partial charge in [0.2, 0.25) is 0 Å². The molecule has 3 aromatic rings. The van der Waals surface area contributed by atoms with E-state index in [9.17, 15) is 9.59 Å². The van der Waals surface area contributed by atoms with Gasteiger partial charge in [-0.2, -0.15) is 0 Å². The number of amides is 2. The van der Waals surface area contributed by atoms with Crippen LogP contribution in [0.25, 0.3) is 0 Å². The zero-order chi connectivity index (χ0) is 36.5. The second kappa shape index (κ2) is 21.6. The zero-order valence-corrected chi connectivity index (χ0v) is 32.0. The zero-order valence-electron chi connectivity index (χ0n) is 30.5. The molecule has 0 atom stereocenters. The molecular formula is C40H54Cl2N2O6. The summed E-state index contributed by atoms with van der Waals surface area (Å²) in [6.45, 7) is 14.2. The molecule has 0 aliphatic heterocycles. The van der Waals surface area contributed by atoms with E-state index in [4.69, 9.17) is 42.1 Å². The first kappa shape index (κ1) is 40.8. The summed E-state index contributed by atoms with van der Waals surface area (Å²) >= 11 is 12.3. The van der Waals surface area contributed by atoms with Crippen molar-refractivity contribution in [1.29, 1.82) is 0 Å². The molecule has 3 rings (SSSR count). The van der Waals surface area contributed by atoms with Crippen LogP contribution in [0.15, 0.2) is 48.5 Å². The normalized spacial score (nSPS) is 11.1. The Kier molecular flexibility index (Phi) is 17.6. The predicted molar refractivity (Wildman–Crippen MR) is 205 cm³/mol. The van der Waals surface area contributed by atoms with Gasteiger partial charge in [-0.3, -0.25) is 9.59 Å². The molecule has 0 unspecified atom stereocenters. The lowest BCUT2D eigenvalue weighted by molar-refractivity contribution is 0.101. The number of nitrogens with one attached hydrogen (secondary N) is 2. The van der Waals surface area contributed by atoms with Gasteiger partial charge in [-0.15, -0.1) is 23.2 Å². The molecule has 0 fully saturated rings. The number of benzene rings is 3. The largest absolute Gasteiger partial charge is 0.493 e. The first-order valence-electron chi connectivity index (χ1n) is 17.8. The molecule has 2 N–H and O–H groups in total. The van der Waals surface area contributed by atoms with Crippen molar-refractivity contribution in [3.05, 3.63) is 70.8 Å². The maximum absolute atomic E-state index is 14.0. The maximum Gasteiger partial charge on any atom is 0.259 e. The van der Waals surface area contributed by atoms with Crippen molar-refractivity contribution in [2.45, 2.75) is 91.8 Å². The van der Waals surface area contributed by atoms with Crippen molar-refractivity contribution >= 4 is 46.4 Å². The fraction of sp³-hybridized carbons (Fsp3) is 0.500. The number of ether oxygens (including phenoxy) is 4. The Morgan fingerprint density at radius 2 is 1.00 bits per heavy atom. The van der Waals surface area contributed by atoms with Crippen molar-refractivity contribution < 1.29 is 28.5 Å². The van der Waals surface area contributed by atoms with E-state index in [0.29, 0.717) is 71.9 Å². The predicted octanol–water partition coefficient (Wildman–Crippen LogP) is 10.9. The summed E-state index contributed by atoms with van der Waals surface area (Å²) in [7, 11) is 0. The second-order valence-electron chi connectivity index (χ2n) is 13.2. The number of halogens is 2. The highest BCUT2D eigenvalue weighted by molar-refractivity contribution is 6.17. The molecule has 50 heavy (non-hydrogen) atoms. The van der Waals surface area contributed by atoms with Crippen LogP contribution < -0.4 is 29.6 Å². The van der Waals surface area contributed by atoms with Crippen molar-refractivity contribution in [1.82, 2.24) is 0 Å². The number of carbonyl (C=O) groups excluding carboxylic acids is 2. The van der Waals surface area contributed by atoms with Gasteiger partial charge in [-0.1, -0.05) is 79.4 Å². The van der Waals surface area contributed by atoms with Gasteiger partial charge in [0.1, 0.15) is 23.0 Å². The average molecular weight is 730 g/mol. The van der Waals surface area contributed by atoms with Gasteiger partial charge < -0.3 is 29.6 Å². The first-order valence-corrected chi connectivity index (χ1v) is 18.9. The summed E-state index contributed by atoms with van der Waals surface area (Å²) in [6, 6.07) is 14.1. The molecule has 2 amide bonds. The maximum atomic E-state index is 14.0. The van der Waals surface area contributed by atoms with Crippen LogP contribution in [0, 0.1) is 11.8 Å². The molecule has 8 nitrogen and oxygen atoms in total. The average Bonchev–Trinajstić information content (AvgIpc) is 3.10. The molecule has 274 valence electrons. The molecule has 0 saturated heterocycles. The summed E-state index contributed by atoms with van der Waals surface area (Å²) < 4.78 is 24.5. The Bertz CT molecular complexity index is 1420. The minimum atomic E-state index is -0.400. The Balaban J connectivity index is 2.06. The van der Waals surface area contributed by atoms with Gasteiger partial charge in [-0.05, 0) is 66.1 Å². The topological polar surface area (TPSA) is 95.1 Å². The van der Waals surface area contributed by atoms with Gasteiger partial charge in [-0.25, -0.2) is 0 Å². The van der Waals surface area contributed by atoms with Crippen molar-refractivity contribution in [2.24, 2.45) is 11.8 Å². The first-order chi connectivity index (χ1) is 24.1. The van der Waals surface area contributed by atoms with E-state index in [1.807, 2.05) is 39.8 Å². The molecule has 0 heterocycles. The third kappa shape index (κ3) is 12.9. The van der Waals surface area contributed by atoms with Gasteiger partial charge in [0, 0.05) is 17.8 Å². The summed E-state index contributed by atoms with van der Waals surface area (Å²) in [5.74, 6) is 1.86. The van der Waals surface area contributed by atoms with Crippen LogP contribution in [0.1, 0.15) is 112 Å². The van der Waals surface area contributed by atoms with E-state index in [1.165, 1.54) is 0 Å². The highest BCUT2D eigenvalue weighted by Crippen LogP contribution is 2.39. The number of hydrogen-bond acceptors (Lipinski definition) is 6. The van der Waals surface area contributed by atoms with E-state index >= 15 is 0 Å². The van der Waals surface area contributed by atoms with E-state index in [1.54, 1.807) is 36.4 Å². The third-order valence-corrected chi connectivity index (χ3v) is 8.24. The SMILES string of the molecule is CCCCCOc1ccc(CCl)cc1C(=O)Nc1cc(NC(=O)c2cc(CCl)ccc2OCCCCC)c(OCC(C)C)cc1OCC(C)C. The molecule has 0 aromatic heterocycles. The Morgan fingerprint density at radius 1 is 0.580 bits per heavy atom. The van der Waals surface area contributed by atoms with Crippen LogP contribution in [0.4, 0.5) is 11.4 Å². The molecule has 0 radical (unpaired) electrons. The Labute approximate surface area is 308 Å². The minimum absolute atomic E-state index is 0.214. The number of rotatable bonds is 22. The molecule has 3 aromatic carbocycles. The molecule has 10 heteroatoms. The Hall–Kier alpha value is -3.62. The number of anilines is 2. The molecule has 0 bridgehead atoms. The van der Waals surface area contributed by atoms with Crippen molar-refractivity contribution in [3.63, 3.8) is 0 Å². The quantitative estimate of drug-likeness (QED) is 0.0790. The number of hydrogen-bond donors (Lipinski definition) is 2. The number of alkyl halides is 2. The van der Waals surface area contributed by atoms with Crippen LogP contribution >= 0.6 is 23.2 Å². The van der Waals surface area contributed by atoms with E-state index in [-0.39, 0.29) is 23.6 Å². The molecule has 0 aliphatic carbocycles. The van der Waals surface area contributed by atoms with Crippen LogP contribution in [-0.4, -0.2) is 38.2 Å². The summed E-state index contributed by atoms with van der Waals surface area (Å²) in [6.07, 6.45) is 5.93. The van der Waals surface area contributed by atoms with Crippen LogP contribution in [0.2, 0.25) is 0 Å².